The van der Waals surface area contributed by atoms with Crippen molar-refractivity contribution in [1.29, 1.82) is 0 Å². The molecule has 0 saturated carbocycles. The van der Waals surface area contributed by atoms with Crippen molar-refractivity contribution in [3.63, 3.8) is 0 Å². The second-order valence-corrected chi connectivity index (χ2v) is 17.5. The third kappa shape index (κ3) is 33.4. The van der Waals surface area contributed by atoms with Crippen LogP contribution in [0.1, 0.15) is 224 Å². The van der Waals surface area contributed by atoms with E-state index < -0.39 is 0 Å². The van der Waals surface area contributed by atoms with E-state index in [1.807, 2.05) is 0 Å². The molecule has 3 amide bonds. The molecular formula is C45H81Br3N6O3. The lowest BCUT2D eigenvalue weighted by atomic mass is 10.0. The molecule has 9 nitrogen and oxygen atoms in total. The van der Waals surface area contributed by atoms with Crippen LogP contribution in [-0.2, 0) is 0 Å². The Labute approximate surface area is 374 Å². The van der Waals surface area contributed by atoms with Gasteiger partial charge in [-0.05, 0) is 56.7 Å². The van der Waals surface area contributed by atoms with Gasteiger partial charge < -0.3 is 16.0 Å². The zero-order chi connectivity index (χ0) is 41.3. The third-order valence-electron chi connectivity index (χ3n) is 10.7. The third-order valence-corrected chi connectivity index (χ3v) is 11.9. The van der Waals surface area contributed by atoms with Crippen molar-refractivity contribution in [2.75, 3.05) is 39.3 Å². The van der Waals surface area contributed by atoms with Gasteiger partial charge in [0.05, 0.1) is 0 Å². The van der Waals surface area contributed by atoms with Gasteiger partial charge in [0, 0.05) is 104 Å². The van der Waals surface area contributed by atoms with Gasteiger partial charge in [-0.25, -0.2) is 0 Å². The Morgan fingerprint density at radius 1 is 0.281 bits per heavy atom. The minimum atomic E-state index is -0.235. The summed E-state index contributed by atoms with van der Waals surface area (Å²) in [6, 6.07) is 4.90. The molecule has 0 radical (unpaired) electrons. The highest BCUT2D eigenvalue weighted by molar-refractivity contribution is 9.08. The van der Waals surface area contributed by atoms with Crippen molar-refractivity contribution < 1.29 is 14.4 Å². The van der Waals surface area contributed by atoms with E-state index in [-0.39, 0.29) is 17.7 Å². The highest BCUT2D eigenvalue weighted by Gasteiger charge is 2.16. The average molecular weight is 994 g/mol. The van der Waals surface area contributed by atoms with E-state index >= 15 is 0 Å². The molecule has 0 unspecified atom stereocenters. The fraction of sp³-hybridized carbons (Fsp3) is 0.800. The molecule has 0 aromatic heterocycles. The number of unbranched alkanes of at least 4 members (excludes halogenated alkanes) is 27. The molecule has 1 rings (SSSR count). The van der Waals surface area contributed by atoms with E-state index in [9.17, 15) is 14.4 Å². The highest BCUT2D eigenvalue weighted by atomic mass is 79.9. The number of hydrogen-bond acceptors (Lipinski definition) is 6. The number of carbonyl (C=O) groups excluding carboxylic acids is 3. The highest BCUT2D eigenvalue weighted by Crippen LogP contribution is 2.15. The summed E-state index contributed by atoms with van der Waals surface area (Å²) in [5.74, 6) is -0.706. The molecule has 0 fully saturated rings. The molecule has 57 heavy (non-hydrogen) atoms. The average Bonchev–Trinajstić information content (AvgIpc) is 3.22. The molecule has 0 saturated heterocycles. The number of rotatable bonds is 42. The predicted octanol–water partition coefficient (Wildman–Crippen LogP) is 12.3. The Balaban J connectivity index is 2.51. The van der Waals surface area contributed by atoms with Crippen LogP contribution in [0.15, 0.2) is 18.2 Å². The Hall–Kier alpha value is -1.05. The fourth-order valence-corrected chi connectivity index (χ4v) is 7.97. The molecule has 0 aliphatic carbocycles. The quantitative estimate of drug-likeness (QED) is 0.0286. The van der Waals surface area contributed by atoms with Crippen LogP contribution in [0.3, 0.4) is 0 Å². The first-order valence-electron chi connectivity index (χ1n) is 23.0. The lowest BCUT2D eigenvalue weighted by molar-refractivity contribution is 0.0952. The summed E-state index contributed by atoms with van der Waals surface area (Å²) >= 11 is 9.77. The molecule has 1 aromatic rings. The first kappa shape index (κ1) is 54.0. The van der Waals surface area contributed by atoms with E-state index in [0.717, 1.165) is 58.2 Å². The van der Waals surface area contributed by atoms with E-state index in [0.29, 0.717) is 36.3 Å². The molecular weight excluding hydrogens is 912 g/mol. The van der Waals surface area contributed by atoms with Crippen LogP contribution in [0.4, 0.5) is 0 Å². The lowest BCUT2D eigenvalue weighted by Crippen LogP contribution is -2.29. The molecule has 1 aromatic carbocycles. The smallest absolute Gasteiger partial charge is 0.251 e. The molecule has 0 spiro atoms. The summed E-state index contributed by atoms with van der Waals surface area (Å²) < 4.78 is 9.08. The first-order valence-corrected chi connectivity index (χ1v) is 25.4. The molecule has 0 aliphatic rings. The fourth-order valence-electron chi connectivity index (χ4n) is 7.13. The summed E-state index contributed by atoms with van der Waals surface area (Å²) in [6.07, 6.45) is 36.3. The number of nitrogens with one attached hydrogen (secondary N) is 6. The van der Waals surface area contributed by atoms with Crippen LogP contribution in [0.25, 0.3) is 0 Å². The summed E-state index contributed by atoms with van der Waals surface area (Å²) in [7, 11) is 0. The van der Waals surface area contributed by atoms with Gasteiger partial charge in [0.2, 0.25) is 0 Å². The van der Waals surface area contributed by atoms with Gasteiger partial charge in [0.15, 0.2) is 0 Å². The summed E-state index contributed by atoms with van der Waals surface area (Å²) in [5.41, 5.74) is 1.08. The van der Waals surface area contributed by atoms with Crippen molar-refractivity contribution in [2.24, 2.45) is 0 Å². The predicted molar refractivity (Wildman–Crippen MR) is 253 cm³/mol. The van der Waals surface area contributed by atoms with Gasteiger partial charge in [0.25, 0.3) is 17.7 Å². The second kappa shape index (κ2) is 41.7. The van der Waals surface area contributed by atoms with E-state index in [2.05, 4.69) is 77.4 Å². The Morgan fingerprint density at radius 3 is 0.614 bits per heavy atom. The normalized spacial score (nSPS) is 11.2. The molecule has 0 heterocycles. The summed E-state index contributed by atoms with van der Waals surface area (Å²) in [5, 5.41) is 9.12. The van der Waals surface area contributed by atoms with Gasteiger partial charge in [-0.2, -0.15) is 0 Å². The summed E-state index contributed by atoms with van der Waals surface area (Å²) in [4.78, 5) is 39.8. The minimum absolute atomic E-state index is 0.235. The molecule has 0 bridgehead atoms. The molecule has 6 N–H and O–H groups in total. The standard InChI is InChI=1S/C45H81Br3N6O3/c46-52-34-28-22-16-10-4-1-7-13-19-25-31-49-43(55)40-37-41(44(56)50-32-26-20-14-8-2-5-11-17-23-29-35-53-47)39-42(38-40)45(57)51-33-27-21-15-9-3-6-12-18-24-30-36-54-48/h37-39,52-54H,1-36H2,(H,49,55)(H,50,56)(H,51,57). The van der Waals surface area contributed by atoms with E-state index in [1.54, 1.807) is 18.2 Å². The van der Waals surface area contributed by atoms with Gasteiger partial charge >= 0.3 is 0 Å². The van der Waals surface area contributed by atoms with Gasteiger partial charge in [-0.3, -0.25) is 27.4 Å². The van der Waals surface area contributed by atoms with Crippen molar-refractivity contribution in [2.45, 2.75) is 193 Å². The van der Waals surface area contributed by atoms with Crippen LogP contribution >= 0.6 is 48.4 Å². The molecule has 12 heteroatoms. The zero-order valence-corrected chi connectivity index (χ0v) is 40.3. The van der Waals surface area contributed by atoms with Crippen molar-refractivity contribution in [3.05, 3.63) is 34.9 Å². The maximum atomic E-state index is 13.3. The molecule has 0 aliphatic heterocycles. The maximum absolute atomic E-state index is 13.3. The van der Waals surface area contributed by atoms with E-state index in [1.165, 1.54) is 154 Å². The molecule has 0 atom stereocenters. The van der Waals surface area contributed by atoms with Crippen molar-refractivity contribution >= 4 is 66.2 Å². The molecule has 330 valence electrons. The monoisotopic (exact) mass is 990 g/mol. The van der Waals surface area contributed by atoms with Gasteiger partial charge in [-0.15, -0.1) is 0 Å². The van der Waals surface area contributed by atoms with Crippen LogP contribution in [0.5, 0.6) is 0 Å². The van der Waals surface area contributed by atoms with E-state index in [4.69, 9.17) is 0 Å². The number of benzene rings is 1. The Kier molecular flexibility index (Phi) is 39.5. The van der Waals surface area contributed by atoms with Crippen molar-refractivity contribution in [1.82, 2.24) is 29.0 Å². The first-order chi connectivity index (χ1) is 28.0. The van der Waals surface area contributed by atoms with Gasteiger partial charge in [0.1, 0.15) is 0 Å². The van der Waals surface area contributed by atoms with Crippen molar-refractivity contribution in [3.8, 4) is 0 Å². The van der Waals surface area contributed by atoms with Gasteiger partial charge in [-0.1, -0.05) is 154 Å². The lowest BCUT2D eigenvalue weighted by Gasteiger charge is -2.12. The number of amides is 3. The Morgan fingerprint density at radius 2 is 0.439 bits per heavy atom. The zero-order valence-electron chi connectivity index (χ0n) is 35.5. The van der Waals surface area contributed by atoms with Crippen LogP contribution in [0, 0.1) is 0 Å². The SMILES string of the molecule is O=C(NCCCCCCCCCCCCNBr)c1cc(C(=O)NCCCCCCCCCCCCNBr)cc(C(=O)NCCCCCCCCCCCCNBr)c1. The number of hydrogen-bond donors (Lipinski definition) is 6. The second-order valence-electron chi connectivity index (χ2n) is 15.8. The maximum Gasteiger partial charge on any atom is 0.251 e. The minimum Gasteiger partial charge on any atom is -0.352 e. The summed E-state index contributed by atoms with van der Waals surface area (Å²) in [6.45, 7) is 4.85. The largest absolute Gasteiger partial charge is 0.352 e. The topological polar surface area (TPSA) is 123 Å². The van der Waals surface area contributed by atoms with Crippen LogP contribution in [-0.4, -0.2) is 57.0 Å². The van der Waals surface area contributed by atoms with Crippen LogP contribution in [0.2, 0.25) is 0 Å². The number of halogens is 3. The number of carbonyl (C=O) groups is 3. The Bertz CT molecular complexity index is 971. The van der Waals surface area contributed by atoms with Crippen LogP contribution < -0.4 is 29.0 Å².